The molecule has 0 amide bonds. The van der Waals surface area contributed by atoms with Crippen LogP contribution in [0.25, 0.3) is 0 Å². The Kier molecular flexibility index (Phi) is 4.90. The number of aromatic nitrogens is 2. The van der Waals surface area contributed by atoms with Gasteiger partial charge in [0.15, 0.2) is 5.82 Å². The van der Waals surface area contributed by atoms with E-state index < -0.39 is 0 Å². The van der Waals surface area contributed by atoms with Crippen LogP contribution in [0.2, 0.25) is 0 Å². The number of nitrogens with zero attached hydrogens (tertiary/aromatic N) is 3. The van der Waals surface area contributed by atoms with Crippen LogP contribution in [0, 0.1) is 0 Å². The molecule has 0 radical (unpaired) electrons. The first-order valence-corrected chi connectivity index (χ1v) is 7.31. The second-order valence-electron chi connectivity index (χ2n) is 4.03. The minimum absolute atomic E-state index is 0.0240. The minimum atomic E-state index is -0.0240. The third kappa shape index (κ3) is 3.71. The second kappa shape index (κ2) is 6.22. The molecule has 0 aromatic carbocycles. The molecule has 1 aromatic heterocycles. The zero-order valence-corrected chi connectivity index (χ0v) is 12.9. The van der Waals surface area contributed by atoms with E-state index in [1.54, 1.807) is 0 Å². The summed E-state index contributed by atoms with van der Waals surface area (Å²) in [5.41, 5.74) is 0. The molecule has 1 aliphatic rings. The van der Waals surface area contributed by atoms with Crippen LogP contribution in [0.15, 0.2) is 15.3 Å². The van der Waals surface area contributed by atoms with Gasteiger partial charge in [-0.2, -0.15) is 0 Å². The second-order valence-corrected chi connectivity index (χ2v) is 5.66. The van der Waals surface area contributed by atoms with Gasteiger partial charge in [0.25, 0.3) is 0 Å². The van der Waals surface area contributed by atoms with Crippen LogP contribution in [0.3, 0.4) is 0 Å². The van der Waals surface area contributed by atoms with Gasteiger partial charge < -0.3 is 4.74 Å². The Hall–Kier alpha value is -0.0400. The lowest BCUT2D eigenvalue weighted by Crippen LogP contribution is -2.39. The normalized spacial score (nSPS) is 21.7. The zero-order chi connectivity index (χ0) is 12.3. The highest BCUT2D eigenvalue weighted by Crippen LogP contribution is 2.22. The molecule has 2 heterocycles. The molecule has 4 nitrogen and oxygen atoms in total. The lowest BCUT2D eigenvalue weighted by atomic mass is 10.2. The van der Waals surface area contributed by atoms with Gasteiger partial charge in [-0.05, 0) is 44.8 Å². The van der Waals surface area contributed by atoms with E-state index in [9.17, 15) is 0 Å². The maximum absolute atomic E-state index is 5.74. The quantitative estimate of drug-likeness (QED) is 0.773. The minimum Gasteiger partial charge on any atom is -0.368 e. The molecule has 1 aliphatic heterocycles. The molecule has 0 bridgehead atoms. The van der Waals surface area contributed by atoms with Gasteiger partial charge in [-0.3, -0.25) is 4.90 Å². The number of rotatable bonds is 3. The predicted octanol–water partition coefficient (Wildman–Crippen LogP) is 2.78. The molecule has 1 unspecified atom stereocenters. The van der Waals surface area contributed by atoms with E-state index in [1.807, 2.05) is 6.07 Å². The Balaban J connectivity index is 2.10. The van der Waals surface area contributed by atoms with Crippen molar-refractivity contribution in [2.24, 2.45) is 0 Å². The van der Waals surface area contributed by atoms with Crippen LogP contribution in [-0.2, 0) is 4.74 Å². The van der Waals surface area contributed by atoms with E-state index in [4.69, 9.17) is 4.74 Å². The summed E-state index contributed by atoms with van der Waals surface area (Å²) in [5, 5.41) is 0. The van der Waals surface area contributed by atoms with Gasteiger partial charge in [0.2, 0.25) is 0 Å². The Labute approximate surface area is 118 Å². The first kappa shape index (κ1) is 13.4. The molecule has 1 saturated heterocycles. The van der Waals surface area contributed by atoms with Gasteiger partial charge in [-0.15, -0.1) is 0 Å². The molecule has 1 atom stereocenters. The van der Waals surface area contributed by atoms with Gasteiger partial charge in [0.05, 0.1) is 6.61 Å². The average Bonchev–Trinajstić information content (AvgIpc) is 2.28. The molecule has 0 N–H and O–H groups in total. The third-order valence-electron chi connectivity index (χ3n) is 2.66. The number of ether oxygens (including phenoxy) is 1. The van der Waals surface area contributed by atoms with Crippen molar-refractivity contribution in [1.29, 1.82) is 0 Å². The lowest BCUT2D eigenvalue weighted by molar-refractivity contribution is -0.0343. The summed E-state index contributed by atoms with van der Waals surface area (Å²) in [6.07, 6.45) is 1.14. The van der Waals surface area contributed by atoms with Crippen molar-refractivity contribution in [3.05, 3.63) is 21.1 Å². The molecule has 1 fully saturated rings. The largest absolute Gasteiger partial charge is 0.368 e. The lowest BCUT2D eigenvalue weighted by Gasteiger charge is -2.31. The van der Waals surface area contributed by atoms with Crippen molar-refractivity contribution in [3.63, 3.8) is 0 Å². The van der Waals surface area contributed by atoms with E-state index in [0.717, 1.165) is 47.7 Å². The van der Waals surface area contributed by atoms with Gasteiger partial charge in [0.1, 0.15) is 15.3 Å². The summed E-state index contributed by atoms with van der Waals surface area (Å²) in [4.78, 5) is 11.1. The molecular weight excluding hydrogens is 350 g/mol. The Morgan fingerprint density at radius 1 is 1.41 bits per heavy atom. The molecule has 94 valence electrons. The smallest absolute Gasteiger partial charge is 0.160 e. The van der Waals surface area contributed by atoms with Crippen molar-refractivity contribution in [2.75, 3.05) is 26.2 Å². The van der Waals surface area contributed by atoms with Crippen molar-refractivity contribution in [3.8, 4) is 0 Å². The highest BCUT2D eigenvalue weighted by atomic mass is 79.9. The molecule has 2 rings (SSSR count). The monoisotopic (exact) mass is 363 g/mol. The van der Waals surface area contributed by atoms with Crippen molar-refractivity contribution in [2.45, 2.75) is 19.4 Å². The average molecular weight is 365 g/mol. The number of hydrogen-bond acceptors (Lipinski definition) is 4. The van der Waals surface area contributed by atoms with Gasteiger partial charge in [-0.25, -0.2) is 9.97 Å². The highest BCUT2D eigenvalue weighted by molar-refractivity contribution is 9.11. The number of hydrogen-bond donors (Lipinski definition) is 0. The molecule has 0 spiro atoms. The fraction of sp³-hybridized carbons (Fsp3) is 0.636. The van der Waals surface area contributed by atoms with Crippen LogP contribution in [0.4, 0.5) is 0 Å². The van der Waals surface area contributed by atoms with Crippen LogP contribution in [-0.4, -0.2) is 41.1 Å². The summed E-state index contributed by atoms with van der Waals surface area (Å²) in [5.74, 6) is 0.743. The summed E-state index contributed by atoms with van der Waals surface area (Å²) in [7, 11) is 0. The molecule has 6 heteroatoms. The third-order valence-corrected chi connectivity index (χ3v) is 3.47. The zero-order valence-electron chi connectivity index (χ0n) is 9.70. The fourth-order valence-electron chi connectivity index (χ4n) is 1.93. The van der Waals surface area contributed by atoms with E-state index in [-0.39, 0.29) is 6.10 Å². The first-order chi connectivity index (χ1) is 8.19. The topological polar surface area (TPSA) is 38.2 Å². The van der Waals surface area contributed by atoms with Crippen LogP contribution >= 0.6 is 31.9 Å². The van der Waals surface area contributed by atoms with E-state index >= 15 is 0 Å². The molecule has 0 saturated carbocycles. The molecular formula is C11H15Br2N3O. The van der Waals surface area contributed by atoms with Crippen molar-refractivity contribution in [1.82, 2.24) is 14.9 Å². The van der Waals surface area contributed by atoms with Gasteiger partial charge in [0, 0.05) is 19.2 Å². The summed E-state index contributed by atoms with van der Waals surface area (Å²) < 4.78 is 7.31. The number of halogens is 2. The first-order valence-electron chi connectivity index (χ1n) is 5.73. The Morgan fingerprint density at radius 2 is 2.12 bits per heavy atom. The molecule has 0 aliphatic carbocycles. The molecule has 1 aromatic rings. The summed E-state index contributed by atoms with van der Waals surface area (Å²) in [6, 6.07) is 1.83. The molecule has 17 heavy (non-hydrogen) atoms. The van der Waals surface area contributed by atoms with Crippen LogP contribution < -0.4 is 0 Å². The fourth-order valence-corrected chi connectivity index (χ4v) is 3.03. The van der Waals surface area contributed by atoms with E-state index in [1.165, 1.54) is 0 Å². The standard InChI is InChI=1S/C11H15Br2N3O/c1-2-3-16-4-5-17-8(7-16)11-14-9(12)6-10(13)15-11/h6,8H,2-5,7H2,1H3. The van der Waals surface area contributed by atoms with Gasteiger partial charge >= 0.3 is 0 Å². The summed E-state index contributed by atoms with van der Waals surface area (Å²) in [6.45, 7) is 5.92. The maximum atomic E-state index is 5.74. The predicted molar refractivity (Wildman–Crippen MR) is 72.9 cm³/mol. The Bertz CT molecular complexity index is 367. The SMILES string of the molecule is CCCN1CCOC(c2nc(Br)cc(Br)n2)C1. The highest BCUT2D eigenvalue weighted by Gasteiger charge is 2.24. The van der Waals surface area contributed by atoms with Crippen LogP contribution in [0.1, 0.15) is 25.3 Å². The van der Waals surface area contributed by atoms with Gasteiger partial charge in [-0.1, -0.05) is 6.92 Å². The van der Waals surface area contributed by atoms with Crippen LogP contribution in [0.5, 0.6) is 0 Å². The summed E-state index contributed by atoms with van der Waals surface area (Å²) >= 11 is 6.75. The Morgan fingerprint density at radius 3 is 2.76 bits per heavy atom. The van der Waals surface area contributed by atoms with E-state index in [2.05, 4.69) is 53.7 Å². The van der Waals surface area contributed by atoms with Crippen molar-refractivity contribution < 1.29 is 4.74 Å². The van der Waals surface area contributed by atoms with E-state index in [0.29, 0.717) is 0 Å². The van der Waals surface area contributed by atoms with Crippen molar-refractivity contribution >= 4 is 31.9 Å². The maximum Gasteiger partial charge on any atom is 0.160 e. The number of morpholine rings is 1.